The Kier molecular flexibility index (Phi) is 3.58. The summed E-state index contributed by atoms with van der Waals surface area (Å²) >= 11 is 5.68. The molecule has 22 heavy (non-hydrogen) atoms. The summed E-state index contributed by atoms with van der Waals surface area (Å²) in [5, 5.41) is 4.00. The van der Waals surface area contributed by atoms with Gasteiger partial charge >= 0.3 is 6.18 Å². The highest BCUT2D eigenvalue weighted by Crippen LogP contribution is 2.32. The van der Waals surface area contributed by atoms with Crippen LogP contribution in [0.3, 0.4) is 0 Å². The molecule has 112 valence electrons. The second-order valence-electron chi connectivity index (χ2n) is 4.37. The van der Waals surface area contributed by atoms with Crippen LogP contribution < -0.4 is 0 Å². The van der Waals surface area contributed by atoms with Crippen LogP contribution in [0.1, 0.15) is 5.56 Å². The van der Waals surface area contributed by atoms with Gasteiger partial charge in [-0.3, -0.25) is 0 Å². The van der Waals surface area contributed by atoms with Crippen molar-refractivity contribution in [1.82, 2.24) is 15.1 Å². The summed E-state index contributed by atoms with van der Waals surface area (Å²) < 4.78 is 43.2. The number of nitrogens with zero attached hydrogens (tertiary/aromatic N) is 3. The van der Waals surface area contributed by atoms with Gasteiger partial charge in [-0.15, -0.1) is 0 Å². The van der Waals surface area contributed by atoms with E-state index in [0.29, 0.717) is 10.7 Å². The van der Waals surface area contributed by atoms with E-state index in [2.05, 4.69) is 15.1 Å². The van der Waals surface area contributed by atoms with E-state index < -0.39 is 11.7 Å². The maximum absolute atomic E-state index is 12.7. The standard InChI is InChI=1S/C14H7ClF3N3O/c15-11-5-4-9(7-19-11)13-20-12(21-22-13)8-2-1-3-10(6-8)14(16,17)18/h1-7H. The zero-order valence-electron chi connectivity index (χ0n) is 10.8. The molecule has 2 aromatic heterocycles. The molecule has 0 aliphatic carbocycles. The number of pyridine rings is 1. The quantitative estimate of drug-likeness (QED) is 0.652. The number of alkyl halides is 3. The Balaban J connectivity index is 1.96. The molecular weight excluding hydrogens is 319 g/mol. The van der Waals surface area contributed by atoms with Crippen molar-refractivity contribution in [3.63, 3.8) is 0 Å². The zero-order chi connectivity index (χ0) is 15.7. The second-order valence-corrected chi connectivity index (χ2v) is 4.76. The van der Waals surface area contributed by atoms with E-state index in [4.69, 9.17) is 16.1 Å². The fourth-order valence-electron chi connectivity index (χ4n) is 1.79. The second kappa shape index (κ2) is 5.42. The van der Waals surface area contributed by atoms with E-state index in [0.717, 1.165) is 12.1 Å². The number of halogens is 4. The van der Waals surface area contributed by atoms with Crippen molar-refractivity contribution < 1.29 is 17.7 Å². The van der Waals surface area contributed by atoms with Crippen LogP contribution in [0.5, 0.6) is 0 Å². The maximum atomic E-state index is 12.7. The van der Waals surface area contributed by atoms with E-state index >= 15 is 0 Å². The molecule has 1 aromatic carbocycles. The van der Waals surface area contributed by atoms with Crippen molar-refractivity contribution in [1.29, 1.82) is 0 Å². The fraction of sp³-hybridized carbons (Fsp3) is 0.0714. The Hall–Kier alpha value is -2.41. The lowest BCUT2D eigenvalue weighted by Crippen LogP contribution is -2.04. The SMILES string of the molecule is FC(F)(F)c1cccc(-c2noc(-c3ccc(Cl)nc3)n2)c1. The minimum atomic E-state index is -4.43. The van der Waals surface area contributed by atoms with Gasteiger partial charge in [-0.05, 0) is 24.3 Å². The maximum Gasteiger partial charge on any atom is 0.416 e. The average Bonchev–Trinajstić information content (AvgIpc) is 2.97. The van der Waals surface area contributed by atoms with E-state index in [1.54, 1.807) is 12.1 Å². The molecule has 0 fully saturated rings. The number of aromatic nitrogens is 3. The molecular formula is C14H7ClF3N3O. The highest BCUT2D eigenvalue weighted by molar-refractivity contribution is 6.29. The third kappa shape index (κ3) is 2.94. The van der Waals surface area contributed by atoms with Gasteiger partial charge in [0.25, 0.3) is 5.89 Å². The molecule has 4 nitrogen and oxygen atoms in total. The predicted molar refractivity (Wildman–Crippen MR) is 73.0 cm³/mol. The van der Waals surface area contributed by atoms with Gasteiger partial charge in [0, 0.05) is 11.8 Å². The molecule has 0 aliphatic rings. The van der Waals surface area contributed by atoms with Gasteiger partial charge in [0.15, 0.2) is 0 Å². The lowest BCUT2D eigenvalue weighted by atomic mass is 10.1. The van der Waals surface area contributed by atoms with Gasteiger partial charge in [-0.1, -0.05) is 28.9 Å². The molecule has 0 bridgehead atoms. The summed E-state index contributed by atoms with van der Waals surface area (Å²) in [5.74, 6) is 0.215. The van der Waals surface area contributed by atoms with Gasteiger partial charge in [0.1, 0.15) is 5.15 Å². The zero-order valence-corrected chi connectivity index (χ0v) is 11.6. The number of hydrogen-bond donors (Lipinski definition) is 0. The lowest BCUT2D eigenvalue weighted by molar-refractivity contribution is -0.137. The van der Waals surface area contributed by atoms with E-state index in [1.807, 2.05) is 0 Å². The van der Waals surface area contributed by atoms with Crippen molar-refractivity contribution in [2.24, 2.45) is 0 Å². The number of hydrogen-bond acceptors (Lipinski definition) is 4. The molecule has 0 saturated heterocycles. The van der Waals surface area contributed by atoms with Crippen LogP contribution in [0.15, 0.2) is 47.1 Å². The predicted octanol–water partition coefficient (Wildman–Crippen LogP) is 4.47. The van der Waals surface area contributed by atoms with Gasteiger partial charge in [0.2, 0.25) is 5.82 Å². The number of benzene rings is 1. The molecule has 0 N–H and O–H groups in total. The Morgan fingerprint density at radius 1 is 1.05 bits per heavy atom. The Morgan fingerprint density at radius 2 is 1.86 bits per heavy atom. The summed E-state index contributed by atoms with van der Waals surface area (Å²) in [6.07, 6.45) is -2.99. The first-order chi connectivity index (χ1) is 10.4. The molecule has 3 rings (SSSR count). The Morgan fingerprint density at radius 3 is 2.55 bits per heavy atom. The van der Waals surface area contributed by atoms with Crippen LogP contribution in [-0.2, 0) is 6.18 Å². The summed E-state index contributed by atoms with van der Waals surface area (Å²) in [6, 6.07) is 7.88. The van der Waals surface area contributed by atoms with Gasteiger partial charge in [-0.2, -0.15) is 18.2 Å². The highest BCUT2D eigenvalue weighted by Gasteiger charge is 2.30. The first kappa shape index (κ1) is 14.5. The van der Waals surface area contributed by atoms with Gasteiger partial charge < -0.3 is 4.52 Å². The molecule has 8 heteroatoms. The normalized spacial score (nSPS) is 11.6. The molecule has 0 atom stereocenters. The van der Waals surface area contributed by atoms with Crippen molar-refractivity contribution in [2.75, 3.05) is 0 Å². The third-order valence-electron chi connectivity index (χ3n) is 2.85. The summed E-state index contributed by atoms with van der Waals surface area (Å²) in [7, 11) is 0. The topological polar surface area (TPSA) is 51.8 Å². The van der Waals surface area contributed by atoms with Crippen molar-refractivity contribution >= 4 is 11.6 Å². The molecule has 0 saturated carbocycles. The minimum Gasteiger partial charge on any atom is -0.334 e. The molecule has 0 aliphatic heterocycles. The van der Waals surface area contributed by atoms with Crippen LogP contribution in [0.2, 0.25) is 5.15 Å². The monoisotopic (exact) mass is 325 g/mol. The number of rotatable bonds is 2. The van der Waals surface area contributed by atoms with Crippen LogP contribution in [0, 0.1) is 0 Å². The lowest BCUT2D eigenvalue weighted by Gasteiger charge is -2.06. The fourth-order valence-corrected chi connectivity index (χ4v) is 1.91. The Bertz CT molecular complexity index is 800. The molecule has 2 heterocycles. The molecule has 3 aromatic rings. The van der Waals surface area contributed by atoms with Crippen molar-refractivity contribution in [2.45, 2.75) is 6.18 Å². The van der Waals surface area contributed by atoms with Gasteiger partial charge in [0.05, 0.1) is 11.1 Å². The third-order valence-corrected chi connectivity index (χ3v) is 3.07. The molecule has 0 spiro atoms. The van der Waals surface area contributed by atoms with E-state index in [1.165, 1.54) is 18.3 Å². The minimum absolute atomic E-state index is 0.0658. The van der Waals surface area contributed by atoms with Crippen molar-refractivity contribution in [3.8, 4) is 22.8 Å². The van der Waals surface area contributed by atoms with Crippen LogP contribution >= 0.6 is 11.6 Å². The smallest absolute Gasteiger partial charge is 0.334 e. The highest BCUT2D eigenvalue weighted by atomic mass is 35.5. The van der Waals surface area contributed by atoms with Crippen LogP contribution in [-0.4, -0.2) is 15.1 Å². The summed E-state index contributed by atoms with van der Waals surface area (Å²) in [4.78, 5) is 7.95. The molecule has 0 amide bonds. The molecule has 0 radical (unpaired) electrons. The first-order valence-electron chi connectivity index (χ1n) is 6.07. The van der Waals surface area contributed by atoms with Crippen LogP contribution in [0.25, 0.3) is 22.8 Å². The average molecular weight is 326 g/mol. The van der Waals surface area contributed by atoms with E-state index in [-0.39, 0.29) is 17.3 Å². The molecule has 0 unspecified atom stereocenters. The Labute approximate surface area is 127 Å². The largest absolute Gasteiger partial charge is 0.416 e. The summed E-state index contributed by atoms with van der Waals surface area (Å²) in [5.41, 5.74) is -0.0358. The van der Waals surface area contributed by atoms with Gasteiger partial charge in [-0.25, -0.2) is 4.98 Å². The van der Waals surface area contributed by atoms with E-state index in [9.17, 15) is 13.2 Å². The summed E-state index contributed by atoms with van der Waals surface area (Å²) in [6.45, 7) is 0. The first-order valence-corrected chi connectivity index (χ1v) is 6.44. The van der Waals surface area contributed by atoms with Crippen molar-refractivity contribution in [3.05, 3.63) is 53.3 Å². The van der Waals surface area contributed by atoms with Crippen LogP contribution in [0.4, 0.5) is 13.2 Å².